The van der Waals surface area contributed by atoms with Gasteiger partial charge in [0.05, 0.1) is 6.54 Å². The van der Waals surface area contributed by atoms with Gasteiger partial charge in [0, 0.05) is 68.4 Å². The first-order valence-electron chi connectivity index (χ1n) is 10.6. The molecule has 0 spiro atoms. The highest BCUT2D eigenvalue weighted by atomic mass is 35.5. The zero-order chi connectivity index (χ0) is 22.5. The van der Waals surface area contributed by atoms with E-state index >= 15 is 0 Å². The highest BCUT2D eigenvalue weighted by Gasteiger charge is 2.19. The molecular formula is C24H27ClN6O. The molecule has 2 N–H and O–H groups in total. The van der Waals surface area contributed by atoms with Crippen molar-refractivity contribution in [2.45, 2.75) is 6.54 Å². The highest BCUT2D eigenvalue weighted by molar-refractivity contribution is 6.30. The molecule has 4 rings (SSSR count). The van der Waals surface area contributed by atoms with Gasteiger partial charge >= 0.3 is 0 Å². The van der Waals surface area contributed by atoms with E-state index < -0.39 is 0 Å². The van der Waals surface area contributed by atoms with Crippen LogP contribution in [0.1, 0.15) is 5.56 Å². The normalized spacial score (nSPS) is 13.8. The number of likely N-dealkylation sites (N-methyl/N-ethyl adjacent to an activating group) is 1. The number of rotatable bonds is 6. The van der Waals surface area contributed by atoms with Gasteiger partial charge in [-0.3, -0.25) is 4.79 Å². The SMILES string of the molecule is CN(Cc1cccc(-c2cnc(N3CCN(c4ccc(Cl)cc4)CC3)nc2)c1)C(=O)CN. The van der Waals surface area contributed by atoms with Gasteiger partial charge in [0.1, 0.15) is 0 Å². The quantitative estimate of drug-likeness (QED) is 0.622. The van der Waals surface area contributed by atoms with Crippen LogP contribution in [0.25, 0.3) is 11.1 Å². The Hall–Kier alpha value is -3.16. The minimum absolute atomic E-state index is 0.0133. The standard InChI is InChI=1S/C24H27ClN6O/c1-29(23(32)14-26)17-18-3-2-4-19(13-18)20-15-27-24(28-16-20)31-11-9-30(10-12-31)22-7-5-21(25)6-8-22/h2-8,13,15-16H,9-12,14,17,26H2,1H3. The molecule has 3 aromatic rings. The third-order valence-electron chi connectivity index (χ3n) is 5.67. The van der Waals surface area contributed by atoms with Gasteiger partial charge < -0.3 is 20.4 Å². The van der Waals surface area contributed by atoms with Crippen LogP contribution in [0.4, 0.5) is 11.6 Å². The van der Waals surface area contributed by atoms with Crippen molar-refractivity contribution < 1.29 is 4.79 Å². The van der Waals surface area contributed by atoms with E-state index in [2.05, 4.69) is 38.0 Å². The Labute approximate surface area is 193 Å². The lowest BCUT2D eigenvalue weighted by Crippen LogP contribution is -2.47. The second-order valence-electron chi connectivity index (χ2n) is 7.88. The third-order valence-corrected chi connectivity index (χ3v) is 5.92. The van der Waals surface area contributed by atoms with Crippen LogP contribution >= 0.6 is 11.6 Å². The molecule has 2 aromatic carbocycles. The molecule has 0 bridgehead atoms. The van der Waals surface area contributed by atoms with Gasteiger partial charge in [-0.05, 0) is 41.5 Å². The minimum Gasteiger partial charge on any atom is -0.368 e. The second-order valence-corrected chi connectivity index (χ2v) is 8.31. The molecule has 0 radical (unpaired) electrons. The van der Waals surface area contributed by atoms with Crippen LogP contribution in [0.15, 0.2) is 60.9 Å². The fourth-order valence-electron chi connectivity index (χ4n) is 3.82. The van der Waals surface area contributed by atoms with E-state index in [-0.39, 0.29) is 12.5 Å². The van der Waals surface area contributed by atoms with Crippen LogP contribution in [0.3, 0.4) is 0 Å². The Balaban J connectivity index is 1.39. The number of halogens is 1. The zero-order valence-electron chi connectivity index (χ0n) is 18.1. The molecule has 7 nitrogen and oxygen atoms in total. The lowest BCUT2D eigenvalue weighted by Gasteiger charge is -2.36. The maximum Gasteiger partial charge on any atom is 0.236 e. The predicted octanol–water partition coefficient (Wildman–Crippen LogP) is 3.04. The highest BCUT2D eigenvalue weighted by Crippen LogP contribution is 2.23. The van der Waals surface area contributed by atoms with Crippen molar-refractivity contribution in [1.82, 2.24) is 14.9 Å². The van der Waals surface area contributed by atoms with Crippen molar-refractivity contribution in [2.24, 2.45) is 5.73 Å². The molecule has 1 amide bonds. The van der Waals surface area contributed by atoms with Crippen molar-refractivity contribution in [2.75, 3.05) is 49.6 Å². The monoisotopic (exact) mass is 450 g/mol. The number of hydrogen-bond donors (Lipinski definition) is 1. The van der Waals surface area contributed by atoms with Crippen molar-refractivity contribution in [3.8, 4) is 11.1 Å². The molecule has 0 saturated carbocycles. The zero-order valence-corrected chi connectivity index (χ0v) is 18.9. The largest absolute Gasteiger partial charge is 0.368 e. The number of nitrogens with zero attached hydrogens (tertiary/aromatic N) is 5. The number of carbonyl (C=O) groups excluding carboxylic acids is 1. The Morgan fingerprint density at radius 3 is 2.31 bits per heavy atom. The van der Waals surface area contributed by atoms with E-state index in [1.54, 1.807) is 11.9 Å². The van der Waals surface area contributed by atoms with E-state index in [1.807, 2.05) is 42.7 Å². The summed E-state index contributed by atoms with van der Waals surface area (Å²) in [7, 11) is 1.76. The Kier molecular flexibility index (Phi) is 6.87. The third kappa shape index (κ3) is 5.18. The predicted molar refractivity (Wildman–Crippen MR) is 129 cm³/mol. The Morgan fingerprint density at radius 2 is 1.66 bits per heavy atom. The van der Waals surface area contributed by atoms with Gasteiger partial charge in [-0.25, -0.2) is 9.97 Å². The molecule has 1 aromatic heterocycles. The van der Waals surface area contributed by atoms with Gasteiger partial charge in [0.15, 0.2) is 0 Å². The van der Waals surface area contributed by atoms with Crippen molar-refractivity contribution >= 4 is 29.1 Å². The van der Waals surface area contributed by atoms with Gasteiger partial charge in [-0.15, -0.1) is 0 Å². The first-order valence-corrected chi connectivity index (χ1v) is 11.0. The molecule has 0 atom stereocenters. The molecule has 1 aliphatic rings. The summed E-state index contributed by atoms with van der Waals surface area (Å²) < 4.78 is 0. The number of amides is 1. The van der Waals surface area contributed by atoms with Crippen LogP contribution < -0.4 is 15.5 Å². The number of aromatic nitrogens is 2. The van der Waals surface area contributed by atoms with Crippen LogP contribution in [0.2, 0.25) is 5.02 Å². The summed E-state index contributed by atoms with van der Waals surface area (Å²) in [5.41, 5.74) is 9.64. The number of carbonyl (C=O) groups is 1. The Morgan fingerprint density at radius 1 is 1.00 bits per heavy atom. The molecular weight excluding hydrogens is 424 g/mol. The summed E-state index contributed by atoms with van der Waals surface area (Å²) in [5, 5.41) is 0.752. The van der Waals surface area contributed by atoms with Crippen LogP contribution in [0.5, 0.6) is 0 Å². The number of benzene rings is 2. The smallest absolute Gasteiger partial charge is 0.236 e. The van der Waals surface area contributed by atoms with Gasteiger partial charge in [0.2, 0.25) is 11.9 Å². The summed E-state index contributed by atoms with van der Waals surface area (Å²) in [6, 6.07) is 16.0. The molecule has 0 aliphatic carbocycles. The fourth-order valence-corrected chi connectivity index (χ4v) is 3.94. The summed E-state index contributed by atoms with van der Waals surface area (Å²) in [6.07, 6.45) is 3.73. The fraction of sp³-hybridized carbons (Fsp3) is 0.292. The van der Waals surface area contributed by atoms with Crippen molar-refractivity contribution in [3.05, 3.63) is 71.5 Å². The van der Waals surface area contributed by atoms with Crippen LogP contribution in [-0.4, -0.2) is 60.5 Å². The molecule has 1 fully saturated rings. The van der Waals surface area contributed by atoms with E-state index in [9.17, 15) is 4.79 Å². The van der Waals surface area contributed by atoms with Crippen LogP contribution in [-0.2, 0) is 11.3 Å². The van der Waals surface area contributed by atoms with E-state index in [4.69, 9.17) is 17.3 Å². The molecule has 0 unspecified atom stereocenters. The van der Waals surface area contributed by atoms with E-state index in [0.717, 1.165) is 53.8 Å². The summed E-state index contributed by atoms with van der Waals surface area (Å²) in [4.78, 5) is 27.2. The maximum absolute atomic E-state index is 11.7. The van der Waals surface area contributed by atoms with Gasteiger partial charge in [-0.1, -0.05) is 29.8 Å². The number of hydrogen-bond acceptors (Lipinski definition) is 6. The number of piperazine rings is 1. The van der Waals surface area contributed by atoms with Gasteiger partial charge in [0.25, 0.3) is 0 Å². The molecule has 1 aliphatic heterocycles. The first-order chi connectivity index (χ1) is 15.5. The Bertz CT molecular complexity index is 1050. The number of nitrogens with two attached hydrogens (primary N) is 1. The second kappa shape index (κ2) is 9.97. The lowest BCUT2D eigenvalue weighted by molar-refractivity contribution is -0.128. The average Bonchev–Trinajstić information content (AvgIpc) is 2.84. The first kappa shape index (κ1) is 22.0. The molecule has 8 heteroatoms. The number of anilines is 2. The molecule has 166 valence electrons. The lowest BCUT2D eigenvalue weighted by atomic mass is 10.1. The molecule has 32 heavy (non-hydrogen) atoms. The minimum atomic E-state index is -0.0840. The topological polar surface area (TPSA) is 78.6 Å². The van der Waals surface area contributed by atoms with Crippen molar-refractivity contribution in [3.63, 3.8) is 0 Å². The van der Waals surface area contributed by atoms with E-state index in [0.29, 0.717) is 6.54 Å². The molecule has 1 saturated heterocycles. The summed E-state index contributed by atoms with van der Waals surface area (Å²) in [5.74, 6) is 0.660. The maximum atomic E-state index is 11.7. The average molecular weight is 451 g/mol. The van der Waals surface area contributed by atoms with Crippen molar-refractivity contribution in [1.29, 1.82) is 0 Å². The van der Waals surface area contributed by atoms with Crippen LogP contribution in [0, 0.1) is 0 Å². The molecule has 2 heterocycles. The van der Waals surface area contributed by atoms with Gasteiger partial charge in [-0.2, -0.15) is 0 Å². The summed E-state index contributed by atoms with van der Waals surface area (Å²) >= 11 is 6.00. The summed E-state index contributed by atoms with van der Waals surface area (Å²) in [6.45, 7) is 4.06. The van der Waals surface area contributed by atoms with E-state index in [1.165, 1.54) is 5.69 Å².